The monoisotopic (exact) mass is 364 g/mol. The van der Waals surface area contributed by atoms with Crippen molar-refractivity contribution in [3.63, 3.8) is 0 Å². The van der Waals surface area contributed by atoms with Crippen LogP contribution in [-0.2, 0) is 16.4 Å². The Kier molecular flexibility index (Phi) is 5.62. The number of likely N-dealkylation sites (N-methyl/N-ethyl adjacent to an activating group) is 1. The fourth-order valence-electron chi connectivity index (χ4n) is 1.87. The van der Waals surface area contributed by atoms with Crippen LogP contribution in [0.1, 0.15) is 12.6 Å². The molecule has 0 aliphatic rings. The number of hydrogen-bond acceptors (Lipinski definition) is 4. The number of sulfonamides is 1. The molecule has 0 N–H and O–H groups in total. The van der Waals surface area contributed by atoms with Gasteiger partial charge >= 0.3 is 0 Å². The smallest absolute Gasteiger partial charge is 0.245 e. The fourth-order valence-corrected chi connectivity index (χ4v) is 5.44. The summed E-state index contributed by atoms with van der Waals surface area (Å²) in [4.78, 5) is 4.27. The Labute approximate surface area is 138 Å². The molecule has 0 amide bonds. The van der Waals surface area contributed by atoms with Crippen molar-refractivity contribution >= 4 is 44.6 Å². The molecular formula is C13H14Cl2N2O2S2. The third kappa shape index (κ3) is 3.96. The normalized spacial score (nSPS) is 12.0. The minimum absolute atomic E-state index is 0.0713. The van der Waals surface area contributed by atoms with E-state index in [1.807, 2.05) is 18.2 Å². The lowest BCUT2D eigenvalue weighted by Crippen LogP contribution is -2.32. The molecule has 2 heterocycles. The topological polar surface area (TPSA) is 50.3 Å². The number of aromatic nitrogens is 1. The van der Waals surface area contributed by atoms with Crippen molar-refractivity contribution in [3.05, 3.63) is 44.8 Å². The van der Waals surface area contributed by atoms with Gasteiger partial charge in [0, 0.05) is 31.4 Å². The summed E-state index contributed by atoms with van der Waals surface area (Å²) in [7, 11) is -3.63. The van der Waals surface area contributed by atoms with Crippen molar-refractivity contribution in [2.24, 2.45) is 0 Å². The second-order valence-corrected chi connectivity index (χ2v) is 8.45. The predicted octanol–water partition coefficient (Wildman–Crippen LogP) is 3.70. The van der Waals surface area contributed by atoms with Crippen LogP contribution in [-0.4, -0.2) is 30.8 Å². The van der Waals surface area contributed by atoms with Crippen molar-refractivity contribution < 1.29 is 8.42 Å². The van der Waals surface area contributed by atoms with E-state index in [9.17, 15) is 8.42 Å². The van der Waals surface area contributed by atoms with Crippen LogP contribution in [0.3, 0.4) is 0 Å². The number of halogens is 2. The predicted molar refractivity (Wildman–Crippen MR) is 86.7 cm³/mol. The zero-order valence-electron chi connectivity index (χ0n) is 11.3. The molecule has 0 unspecified atom stereocenters. The van der Waals surface area contributed by atoms with Crippen molar-refractivity contribution in [1.29, 1.82) is 0 Å². The third-order valence-electron chi connectivity index (χ3n) is 2.94. The minimum Gasteiger partial charge on any atom is -0.261 e. The summed E-state index contributed by atoms with van der Waals surface area (Å²) in [6, 6.07) is 6.97. The molecule has 4 nitrogen and oxygen atoms in total. The average Bonchev–Trinajstić information content (AvgIpc) is 2.80. The van der Waals surface area contributed by atoms with Gasteiger partial charge in [0.05, 0.1) is 4.34 Å². The van der Waals surface area contributed by atoms with E-state index in [2.05, 4.69) is 4.98 Å². The van der Waals surface area contributed by atoms with Crippen molar-refractivity contribution in [2.75, 3.05) is 13.1 Å². The van der Waals surface area contributed by atoms with Gasteiger partial charge in [0.2, 0.25) is 10.0 Å². The van der Waals surface area contributed by atoms with E-state index >= 15 is 0 Å². The molecule has 114 valence electrons. The number of hydrogen-bond donors (Lipinski definition) is 0. The van der Waals surface area contributed by atoms with E-state index in [1.165, 1.54) is 10.4 Å². The van der Waals surface area contributed by atoms with Gasteiger partial charge in [0.25, 0.3) is 0 Å². The van der Waals surface area contributed by atoms with Crippen molar-refractivity contribution in [3.8, 4) is 0 Å². The van der Waals surface area contributed by atoms with Crippen LogP contribution < -0.4 is 0 Å². The van der Waals surface area contributed by atoms with Crippen LogP contribution >= 0.6 is 34.5 Å². The Morgan fingerprint density at radius 2 is 2.10 bits per heavy atom. The van der Waals surface area contributed by atoms with Crippen LogP contribution in [0.15, 0.2) is 35.4 Å². The van der Waals surface area contributed by atoms with Crippen LogP contribution in [0.25, 0.3) is 0 Å². The van der Waals surface area contributed by atoms with E-state index in [1.54, 1.807) is 13.1 Å². The molecule has 0 aliphatic carbocycles. The summed E-state index contributed by atoms with van der Waals surface area (Å²) in [5, 5.41) is 0. The van der Waals surface area contributed by atoms with Gasteiger partial charge in [0.15, 0.2) is 0 Å². The second-order valence-electron chi connectivity index (χ2n) is 4.26. The van der Waals surface area contributed by atoms with Gasteiger partial charge in [0.1, 0.15) is 9.23 Å². The molecule has 21 heavy (non-hydrogen) atoms. The molecule has 2 aromatic heterocycles. The first-order valence-electron chi connectivity index (χ1n) is 6.30. The van der Waals surface area contributed by atoms with Crippen molar-refractivity contribution in [2.45, 2.75) is 18.2 Å². The largest absolute Gasteiger partial charge is 0.261 e. The van der Waals surface area contributed by atoms with Crippen LogP contribution in [0.2, 0.25) is 8.67 Å². The molecule has 0 aliphatic heterocycles. The molecule has 0 radical (unpaired) electrons. The number of thiophene rings is 1. The Morgan fingerprint density at radius 3 is 2.62 bits per heavy atom. The number of rotatable bonds is 6. The van der Waals surface area contributed by atoms with E-state index in [4.69, 9.17) is 23.2 Å². The Balaban J connectivity index is 2.18. The zero-order valence-corrected chi connectivity index (χ0v) is 14.4. The lowest BCUT2D eigenvalue weighted by atomic mass is 10.3. The molecular weight excluding hydrogens is 351 g/mol. The van der Waals surface area contributed by atoms with E-state index in [0.717, 1.165) is 17.0 Å². The average molecular weight is 365 g/mol. The fraction of sp³-hybridized carbons (Fsp3) is 0.308. The maximum Gasteiger partial charge on any atom is 0.245 e. The standard InChI is InChI=1S/C13H14Cl2N2O2S2/c1-2-17(8-6-10-5-3-4-7-16-10)21(18,19)11-9-12(14)20-13(11)15/h3-5,7,9H,2,6,8H2,1H3. The summed E-state index contributed by atoms with van der Waals surface area (Å²) in [5.74, 6) is 0. The van der Waals surface area contributed by atoms with Gasteiger partial charge in [-0.25, -0.2) is 8.42 Å². The molecule has 2 rings (SSSR count). The molecule has 2 aromatic rings. The molecule has 0 fully saturated rings. The lowest BCUT2D eigenvalue weighted by Gasteiger charge is -2.19. The Morgan fingerprint density at radius 1 is 1.33 bits per heavy atom. The number of nitrogens with zero attached hydrogens (tertiary/aromatic N) is 2. The van der Waals surface area contributed by atoms with E-state index in [0.29, 0.717) is 23.8 Å². The minimum atomic E-state index is -3.63. The summed E-state index contributed by atoms with van der Waals surface area (Å²) in [6.07, 6.45) is 2.24. The maximum atomic E-state index is 12.6. The summed E-state index contributed by atoms with van der Waals surface area (Å²) >= 11 is 12.8. The molecule has 0 saturated heterocycles. The molecule has 0 saturated carbocycles. The third-order valence-corrected chi connectivity index (χ3v) is 6.67. The zero-order chi connectivity index (χ0) is 15.5. The Hall–Kier alpha value is -0.660. The van der Waals surface area contributed by atoms with Crippen LogP contribution in [0.4, 0.5) is 0 Å². The van der Waals surface area contributed by atoms with Crippen LogP contribution in [0.5, 0.6) is 0 Å². The van der Waals surface area contributed by atoms with Crippen LogP contribution in [0, 0.1) is 0 Å². The highest BCUT2D eigenvalue weighted by molar-refractivity contribution is 7.89. The molecule has 0 aromatic carbocycles. The number of pyridine rings is 1. The van der Waals surface area contributed by atoms with Gasteiger partial charge in [-0.3, -0.25) is 4.98 Å². The molecule has 0 spiro atoms. The summed E-state index contributed by atoms with van der Waals surface area (Å²) < 4.78 is 27.1. The van der Waals surface area contributed by atoms with Gasteiger partial charge in [-0.15, -0.1) is 11.3 Å². The SMILES string of the molecule is CCN(CCc1ccccn1)S(=O)(=O)c1cc(Cl)sc1Cl. The molecule has 0 atom stereocenters. The highest BCUT2D eigenvalue weighted by Crippen LogP contribution is 2.35. The lowest BCUT2D eigenvalue weighted by molar-refractivity contribution is 0.430. The second kappa shape index (κ2) is 7.07. The summed E-state index contributed by atoms with van der Waals surface area (Å²) in [5.41, 5.74) is 0.848. The van der Waals surface area contributed by atoms with Gasteiger partial charge in [-0.2, -0.15) is 4.31 Å². The Bertz CT molecular complexity index is 702. The van der Waals surface area contributed by atoms with E-state index in [-0.39, 0.29) is 9.23 Å². The first-order chi connectivity index (χ1) is 9.95. The highest BCUT2D eigenvalue weighted by Gasteiger charge is 2.27. The van der Waals surface area contributed by atoms with Gasteiger partial charge in [-0.1, -0.05) is 36.2 Å². The molecule has 8 heteroatoms. The quantitative estimate of drug-likeness (QED) is 0.784. The molecule has 0 bridgehead atoms. The summed E-state index contributed by atoms with van der Waals surface area (Å²) in [6.45, 7) is 2.50. The first kappa shape index (κ1) is 16.7. The first-order valence-corrected chi connectivity index (χ1v) is 9.31. The maximum absolute atomic E-state index is 12.6. The van der Waals surface area contributed by atoms with Gasteiger partial charge < -0.3 is 0 Å². The highest BCUT2D eigenvalue weighted by atomic mass is 35.5. The van der Waals surface area contributed by atoms with Gasteiger partial charge in [-0.05, 0) is 18.2 Å². The van der Waals surface area contributed by atoms with E-state index < -0.39 is 10.0 Å². The van der Waals surface area contributed by atoms with Crippen molar-refractivity contribution in [1.82, 2.24) is 9.29 Å².